The second kappa shape index (κ2) is 8.47. The van der Waals surface area contributed by atoms with Gasteiger partial charge in [0, 0.05) is 32.5 Å². The minimum atomic E-state index is -0.751. The number of carbonyl (C=O) groups is 2. The molecule has 1 fully saturated rings. The van der Waals surface area contributed by atoms with E-state index in [0.717, 1.165) is 41.2 Å². The van der Waals surface area contributed by atoms with E-state index in [-0.39, 0.29) is 18.4 Å². The lowest BCUT2D eigenvalue weighted by molar-refractivity contribution is -0.130. The van der Waals surface area contributed by atoms with Crippen LogP contribution < -0.4 is 10.6 Å². The topological polar surface area (TPSA) is 92.2 Å². The van der Waals surface area contributed by atoms with Crippen molar-refractivity contribution < 1.29 is 9.59 Å². The zero-order valence-corrected chi connectivity index (χ0v) is 18.2. The van der Waals surface area contributed by atoms with Crippen molar-refractivity contribution in [3.05, 3.63) is 54.1 Å². The average molecular weight is 421 g/mol. The number of anilines is 1. The fourth-order valence-corrected chi connectivity index (χ4v) is 4.48. The summed E-state index contributed by atoms with van der Waals surface area (Å²) in [5.41, 5.74) is 2.59. The molecule has 8 heteroatoms. The first-order valence-electron chi connectivity index (χ1n) is 10.5. The number of nitrogens with one attached hydrogen (secondary N) is 2. The van der Waals surface area contributed by atoms with Gasteiger partial charge in [0.05, 0.1) is 23.3 Å². The molecule has 3 aromatic rings. The molecule has 1 unspecified atom stereocenters. The Morgan fingerprint density at radius 1 is 1.23 bits per heavy atom. The smallest absolute Gasteiger partial charge is 0.238 e. The summed E-state index contributed by atoms with van der Waals surface area (Å²) in [5.74, 6) is 0.750. The maximum atomic E-state index is 12.9. The van der Waals surface area contributed by atoms with Gasteiger partial charge in [-0.15, -0.1) is 0 Å². The molecule has 0 spiro atoms. The fourth-order valence-electron chi connectivity index (χ4n) is 4.48. The highest BCUT2D eigenvalue weighted by atomic mass is 16.2. The summed E-state index contributed by atoms with van der Waals surface area (Å²) in [6.07, 6.45) is 3.23. The van der Waals surface area contributed by atoms with E-state index in [1.165, 1.54) is 0 Å². The third-order valence-corrected chi connectivity index (χ3v) is 6.14. The van der Waals surface area contributed by atoms with Crippen LogP contribution in [-0.2, 0) is 22.1 Å². The number of fused-ring (bicyclic) bond motifs is 1. The molecule has 0 aliphatic carbocycles. The van der Waals surface area contributed by atoms with Gasteiger partial charge in [-0.05, 0) is 56.6 Å². The van der Waals surface area contributed by atoms with Crippen molar-refractivity contribution in [3.8, 4) is 0 Å². The molecule has 2 aromatic heterocycles. The molecule has 2 N–H and O–H groups in total. The first kappa shape index (κ1) is 21.0. The predicted molar refractivity (Wildman–Crippen MR) is 120 cm³/mol. The third-order valence-electron chi connectivity index (χ3n) is 6.14. The monoisotopic (exact) mass is 420 g/mol. The van der Waals surface area contributed by atoms with E-state index in [4.69, 9.17) is 0 Å². The lowest BCUT2D eigenvalue weighted by Crippen LogP contribution is -2.55. The van der Waals surface area contributed by atoms with E-state index in [9.17, 15) is 9.59 Å². The van der Waals surface area contributed by atoms with Crippen LogP contribution in [0.5, 0.6) is 0 Å². The van der Waals surface area contributed by atoms with Crippen LogP contribution in [0.4, 0.5) is 5.69 Å². The van der Waals surface area contributed by atoms with Crippen LogP contribution in [0.3, 0.4) is 0 Å². The van der Waals surface area contributed by atoms with Crippen LogP contribution in [0.2, 0.25) is 0 Å². The molecule has 0 bridgehead atoms. The van der Waals surface area contributed by atoms with Crippen molar-refractivity contribution in [2.45, 2.75) is 25.2 Å². The van der Waals surface area contributed by atoms with Crippen LogP contribution in [0, 0.1) is 6.92 Å². The van der Waals surface area contributed by atoms with Crippen molar-refractivity contribution in [3.63, 3.8) is 0 Å². The highest BCUT2D eigenvalue weighted by molar-refractivity contribution is 5.94. The Hall–Kier alpha value is -3.26. The number of carbonyl (C=O) groups excluding carboxylic acids is 2. The molecule has 2 amide bonds. The van der Waals surface area contributed by atoms with E-state index >= 15 is 0 Å². The van der Waals surface area contributed by atoms with Crippen molar-refractivity contribution in [2.24, 2.45) is 7.05 Å². The second-order valence-electron chi connectivity index (χ2n) is 8.16. The molecular formula is C23H28N6O2. The summed E-state index contributed by atoms with van der Waals surface area (Å²) in [6, 6.07) is 11.4. The lowest BCUT2D eigenvalue weighted by Gasteiger charge is -2.40. The highest BCUT2D eigenvalue weighted by Gasteiger charge is 2.44. The van der Waals surface area contributed by atoms with Crippen LogP contribution in [-0.4, -0.2) is 57.9 Å². The van der Waals surface area contributed by atoms with Crippen LogP contribution >= 0.6 is 0 Å². The van der Waals surface area contributed by atoms with Gasteiger partial charge in [-0.25, -0.2) is 4.98 Å². The first-order chi connectivity index (χ1) is 14.9. The molecule has 4 rings (SSSR count). The minimum absolute atomic E-state index is 0.0627. The molecular weight excluding hydrogens is 392 g/mol. The predicted octanol–water partition coefficient (Wildman–Crippen LogP) is 2.00. The number of hydrogen-bond acceptors (Lipinski definition) is 5. The normalized spacial score (nSPS) is 19.3. The zero-order chi connectivity index (χ0) is 22.0. The number of nitrogens with zero attached hydrogens (tertiary/aromatic N) is 4. The lowest BCUT2D eigenvalue weighted by atomic mass is 9.75. The van der Waals surface area contributed by atoms with Gasteiger partial charge in [-0.3, -0.25) is 19.5 Å². The molecule has 0 saturated carbocycles. The number of imidazole rings is 1. The average Bonchev–Trinajstić information content (AvgIpc) is 3.06. The summed E-state index contributed by atoms with van der Waals surface area (Å²) >= 11 is 0. The van der Waals surface area contributed by atoms with Gasteiger partial charge in [0.2, 0.25) is 11.8 Å². The molecule has 1 aliphatic rings. The largest absolute Gasteiger partial charge is 0.358 e. The summed E-state index contributed by atoms with van der Waals surface area (Å²) in [5, 5.41) is 5.77. The fraction of sp³-hybridized carbons (Fsp3) is 0.391. The highest BCUT2D eigenvalue weighted by Crippen LogP contribution is 2.33. The zero-order valence-electron chi connectivity index (χ0n) is 18.2. The van der Waals surface area contributed by atoms with Gasteiger partial charge in [0.25, 0.3) is 0 Å². The molecule has 31 heavy (non-hydrogen) atoms. The molecule has 1 saturated heterocycles. The Morgan fingerprint density at radius 3 is 2.81 bits per heavy atom. The van der Waals surface area contributed by atoms with Gasteiger partial charge in [0.15, 0.2) is 0 Å². The molecule has 1 aromatic carbocycles. The van der Waals surface area contributed by atoms with Crippen LogP contribution in [0.1, 0.15) is 24.4 Å². The summed E-state index contributed by atoms with van der Waals surface area (Å²) in [4.78, 5) is 36.7. The number of aromatic nitrogens is 3. The maximum absolute atomic E-state index is 12.9. The van der Waals surface area contributed by atoms with E-state index in [0.29, 0.717) is 13.0 Å². The SMILES string of the molecule is CNC(=O)C1(c2ccccn2)CCCN(CC(=O)Nc2ccc3c(c2)nc(C)n3C)C1. The summed E-state index contributed by atoms with van der Waals surface area (Å²) in [6.45, 7) is 3.38. The quantitative estimate of drug-likeness (QED) is 0.659. The number of aryl methyl sites for hydroxylation is 2. The minimum Gasteiger partial charge on any atom is -0.358 e. The number of likely N-dealkylation sites (tertiary alicyclic amines) is 1. The molecule has 162 valence electrons. The number of rotatable bonds is 5. The van der Waals surface area contributed by atoms with Crippen molar-refractivity contribution >= 4 is 28.5 Å². The molecule has 8 nitrogen and oxygen atoms in total. The van der Waals surface area contributed by atoms with E-state index in [1.807, 2.05) is 59.8 Å². The Bertz CT molecular complexity index is 1110. The number of likely N-dealkylation sites (N-methyl/N-ethyl adjacent to an activating group) is 1. The van der Waals surface area contributed by atoms with Gasteiger partial charge in [-0.2, -0.15) is 0 Å². The number of hydrogen-bond donors (Lipinski definition) is 2. The Kier molecular flexibility index (Phi) is 5.73. The van der Waals surface area contributed by atoms with Crippen LogP contribution in [0.25, 0.3) is 11.0 Å². The number of amides is 2. The number of pyridine rings is 1. The van der Waals surface area contributed by atoms with E-state index < -0.39 is 5.41 Å². The van der Waals surface area contributed by atoms with Crippen molar-refractivity contribution in [1.29, 1.82) is 0 Å². The van der Waals surface area contributed by atoms with Gasteiger partial charge in [-0.1, -0.05) is 6.07 Å². The third kappa shape index (κ3) is 4.03. The van der Waals surface area contributed by atoms with Gasteiger partial charge >= 0.3 is 0 Å². The van der Waals surface area contributed by atoms with E-state index in [1.54, 1.807) is 13.2 Å². The summed E-state index contributed by atoms with van der Waals surface area (Å²) < 4.78 is 2.02. The Morgan fingerprint density at radius 2 is 2.06 bits per heavy atom. The molecule has 0 radical (unpaired) electrons. The Labute approximate surface area is 181 Å². The van der Waals surface area contributed by atoms with Gasteiger partial charge in [0.1, 0.15) is 11.2 Å². The summed E-state index contributed by atoms with van der Waals surface area (Å²) in [7, 11) is 3.62. The van der Waals surface area contributed by atoms with Gasteiger partial charge < -0.3 is 15.2 Å². The molecule has 1 aliphatic heterocycles. The molecule has 3 heterocycles. The second-order valence-corrected chi connectivity index (χ2v) is 8.16. The Balaban J connectivity index is 1.48. The molecule has 1 atom stereocenters. The van der Waals surface area contributed by atoms with E-state index in [2.05, 4.69) is 20.6 Å². The maximum Gasteiger partial charge on any atom is 0.238 e. The standard InChI is InChI=1S/C23H28N6O2/c1-16-26-18-13-17(8-9-19(18)28(16)3)27-21(30)14-29-12-6-10-23(15-29,22(31)24-2)20-7-4-5-11-25-20/h4-5,7-9,11,13H,6,10,12,14-15H2,1-3H3,(H,24,31)(H,27,30). The van der Waals surface area contributed by atoms with Crippen LogP contribution in [0.15, 0.2) is 42.6 Å². The van der Waals surface area contributed by atoms with Crippen molar-refractivity contribution in [1.82, 2.24) is 24.8 Å². The van der Waals surface area contributed by atoms with Crippen molar-refractivity contribution in [2.75, 3.05) is 32.0 Å². The first-order valence-corrected chi connectivity index (χ1v) is 10.5. The number of benzene rings is 1. The number of piperidine rings is 1.